The smallest absolute Gasteiger partial charge is 0.257 e. The predicted octanol–water partition coefficient (Wildman–Crippen LogP) is 1.68. The molecule has 6 heteroatoms. The van der Waals surface area contributed by atoms with Crippen LogP contribution in [-0.2, 0) is 16.4 Å². The second-order valence-electron chi connectivity index (χ2n) is 4.70. The third kappa shape index (κ3) is 4.12. The predicted molar refractivity (Wildman–Crippen MR) is 67.2 cm³/mol. The zero-order valence-corrected chi connectivity index (χ0v) is 11.6. The van der Waals surface area contributed by atoms with Gasteiger partial charge in [0.2, 0.25) is 0 Å². The summed E-state index contributed by atoms with van der Waals surface area (Å²) >= 11 is 0. The first kappa shape index (κ1) is 14.2. The van der Waals surface area contributed by atoms with Crippen LogP contribution in [0.4, 0.5) is 0 Å². The quantitative estimate of drug-likeness (QED) is 0.816. The fourth-order valence-corrected chi connectivity index (χ4v) is 2.94. The van der Waals surface area contributed by atoms with Crippen molar-refractivity contribution in [2.24, 2.45) is 5.92 Å². The van der Waals surface area contributed by atoms with Crippen LogP contribution >= 0.6 is 0 Å². The van der Waals surface area contributed by atoms with E-state index < -0.39 is 10.0 Å². The average molecular weight is 259 g/mol. The molecule has 0 bridgehead atoms. The number of hydrogen-bond acceptors (Lipinski definition) is 3. The van der Waals surface area contributed by atoms with E-state index in [1.54, 1.807) is 0 Å². The van der Waals surface area contributed by atoms with Crippen molar-refractivity contribution in [3.63, 3.8) is 0 Å². The van der Waals surface area contributed by atoms with Crippen LogP contribution in [0, 0.1) is 5.92 Å². The Bertz CT molecular complexity index is 451. The van der Waals surface area contributed by atoms with E-state index in [1.165, 1.54) is 6.20 Å². The second kappa shape index (κ2) is 5.64. The molecule has 0 saturated heterocycles. The highest BCUT2D eigenvalue weighted by atomic mass is 32.2. The van der Waals surface area contributed by atoms with Crippen molar-refractivity contribution >= 4 is 10.0 Å². The molecule has 1 heterocycles. The van der Waals surface area contributed by atoms with Gasteiger partial charge in [0.25, 0.3) is 10.0 Å². The average Bonchev–Trinajstić information content (AvgIpc) is 2.63. The van der Waals surface area contributed by atoms with E-state index >= 15 is 0 Å². The topological polar surface area (TPSA) is 74.8 Å². The highest BCUT2D eigenvalue weighted by molar-refractivity contribution is 7.89. The van der Waals surface area contributed by atoms with Crippen LogP contribution in [0.2, 0.25) is 0 Å². The molecule has 5 nitrogen and oxygen atoms in total. The van der Waals surface area contributed by atoms with Gasteiger partial charge >= 0.3 is 0 Å². The lowest BCUT2D eigenvalue weighted by molar-refractivity contribution is 0.481. The van der Waals surface area contributed by atoms with Crippen molar-refractivity contribution in [2.45, 2.75) is 51.6 Å². The minimum atomic E-state index is -3.46. The summed E-state index contributed by atoms with van der Waals surface area (Å²) in [5.41, 5.74) is 0. The highest BCUT2D eigenvalue weighted by Gasteiger charge is 2.20. The van der Waals surface area contributed by atoms with E-state index in [2.05, 4.69) is 28.5 Å². The van der Waals surface area contributed by atoms with Gasteiger partial charge in [-0.1, -0.05) is 20.8 Å². The number of sulfonamides is 1. The first-order valence-corrected chi connectivity index (χ1v) is 7.39. The summed E-state index contributed by atoms with van der Waals surface area (Å²) in [5.74, 6) is 1.14. The third-order valence-corrected chi connectivity index (χ3v) is 3.91. The molecular formula is C11H21N3O2S. The van der Waals surface area contributed by atoms with Crippen LogP contribution in [0.5, 0.6) is 0 Å². The summed E-state index contributed by atoms with van der Waals surface area (Å²) in [6, 6.07) is -0.0756. The summed E-state index contributed by atoms with van der Waals surface area (Å²) in [6.45, 7) is 7.92. The molecule has 0 radical (unpaired) electrons. The Balaban J connectivity index is 2.74. The molecular weight excluding hydrogens is 238 g/mol. The van der Waals surface area contributed by atoms with E-state index in [1.807, 2.05) is 13.8 Å². The molecule has 2 N–H and O–H groups in total. The number of nitrogens with one attached hydrogen (secondary N) is 2. The molecule has 98 valence electrons. The van der Waals surface area contributed by atoms with Crippen LogP contribution in [0.3, 0.4) is 0 Å². The summed E-state index contributed by atoms with van der Waals surface area (Å²) < 4.78 is 26.6. The van der Waals surface area contributed by atoms with Gasteiger partial charge in [-0.15, -0.1) is 0 Å². The van der Waals surface area contributed by atoms with Crippen molar-refractivity contribution < 1.29 is 8.42 Å². The molecule has 0 spiro atoms. The maximum atomic E-state index is 12.0. The molecule has 17 heavy (non-hydrogen) atoms. The Morgan fingerprint density at radius 3 is 2.53 bits per heavy atom. The van der Waals surface area contributed by atoms with Gasteiger partial charge < -0.3 is 4.98 Å². The molecule has 1 aromatic heterocycles. The third-order valence-electron chi connectivity index (χ3n) is 2.41. The number of aromatic nitrogens is 2. The first-order chi connectivity index (χ1) is 7.85. The van der Waals surface area contributed by atoms with E-state index in [0.717, 1.165) is 6.42 Å². The fourth-order valence-electron chi connectivity index (χ4n) is 1.74. The molecule has 0 aliphatic heterocycles. The van der Waals surface area contributed by atoms with Gasteiger partial charge in [-0.05, 0) is 19.3 Å². The van der Waals surface area contributed by atoms with Gasteiger partial charge in [0, 0.05) is 12.5 Å². The highest BCUT2D eigenvalue weighted by Crippen LogP contribution is 2.10. The van der Waals surface area contributed by atoms with E-state index in [4.69, 9.17) is 0 Å². The van der Waals surface area contributed by atoms with Gasteiger partial charge in [-0.3, -0.25) is 0 Å². The minimum absolute atomic E-state index is 0.0756. The molecule has 0 aliphatic rings. The van der Waals surface area contributed by atoms with Crippen LogP contribution in [0.25, 0.3) is 0 Å². The molecule has 0 saturated carbocycles. The fraction of sp³-hybridized carbons (Fsp3) is 0.727. The lowest BCUT2D eigenvalue weighted by atomic mass is 10.1. The van der Waals surface area contributed by atoms with Crippen molar-refractivity contribution in [3.05, 3.63) is 12.0 Å². The van der Waals surface area contributed by atoms with Crippen molar-refractivity contribution in [3.8, 4) is 0 Å². The number of hydrogen-bond donors (Lipinski definition) is 2. The van der Waals surface area contributed by atoms with Gasteiger partial charge in [-0.2, -0.15) is 0 Å². The van der Waals surface area contributed by atoms with Gasteiger partial charge in [-0.25, -0.2) is 18.1 Å². The van der Waals surface area contributed by atoms with Crippen LogP contribution in [0.15, 0.2) is 11.2 Å². The Labute approximate surface area is 103 Å². The summed E-state index contributed by atoms with van der Waals surface area (Å²) in [5, 5.41) is 0.143. The maximum absolute atomic E-state index is 12.0. The Morgan fingerprint density at radius 2 is 2.06 bits per heavy atom. The summed E-state index contributed by atoms with van der Waals surface area (Å²) in [6.07, 6.45) is 2.87. The van der Waals surface area contributed by atoms with Crippen molar-refractivity contribution in [1.29, 1.82) is 0 Å². The Hall–Kier alpha value is -0.880. The van der Waals surface area contributed by atoms with Crippen LogP contribution in [0.1, 0.15) is 39.9 Å². The SMILES string of the molecule is CCc1ncc(S(=O)(=O)NC(C)CC(C)C)[nH]1. The minimum Gasteiger partial charge on any atom is -0.332 e. The normalized spacial score (nSPS) is 14.2. The summed E-state index contributed by atoms with van der Waals surface area (Å²) in [7, 11) is -3.46. The van der Waals surface area contributed by atoms with Gasteiger partial charge in [0.1, 0.15) is 5.82 Å². The zero-order chi connectivity index (χ0) is 13.1. The second-order valence-corrected chi connectivity index (χ2v) is 6.38. The number of nitrogens with zero attached hydrogens (tertiary/aromatic N) is 1. The van der Waals surface area contributed by atoms with Crippen molar-refractivity contribution in [1.82, 2.24) is 14.7 Å². The lowest BCUT2D eigenvalue weighted by Crippen LogP contribution is -2.33. The summed E-state index contributed by atoms with van der Waals surface area (Å²) in [4.78, 5) is 6.79. The van der Waals surface area contributed by atoms with E-state index in [0.29, 0.717) is 18.2 Å². The Kier molecular flexibility index (Phi) is 4.70. The zero-order valence-electron chi connectivity index (χ0n) is 10.8. The molecule has 0 aliphatic carbocycles. The first-order valence-electron chi connectivity index (χ1n) is 5.91. The van der Waals surface area contributed by atoms with Crippen LogP contribution < -0.4 is 4.72 Å². The van der Waals surface area contributed by atoms with E-state index in [-0.39, 0.29) is 11.1 Å². The monoisotopic (exact) mass is 259 g/mol. The Morgan fingerprint density at radius 1 is 1.41 bits per heavy atom. The van der Waals surface area contributed by atoms with Crippen LogP contribution in [-0.4, -0.2) is 24.4 Å². The molecule has 0 amide bonds. The van der Waals surface area contributed by atoms with Gasteiger partial charge in [0.15, 0.2) is 5.03 Å². The van der Waals surface area contributed by atoms with Gasteiger partial charge in [0.05, 0.1) is 6.20 Å². The number of H-pyrrole nitrogens is 1. The molecule has 1 unspecified atom stereocenters. The number of imidazole rings is 1. The molecule has 0 fully saturated rings. The molecule has 0 aromatic carbocycles. The largest absolute Gasteiger partial charge is 0.332 e. The number of aryl methyl sites for hydroxylation is 1. The lowest BCUT2D eigenvalue weighted by Gasteiger charge is -2.15. The molecule has 1 atom stereocenters. The number of aromatic amines is 1. The molecule has 1 aromatic rings. The maximum Gasteiger partial charge on any atom is 0.257 e. The van der Waals surface area contributed by atoms with Crippen molar-refractivity contribution in [2.75, 3.05) is 0 Å². The standard InChI is InChI=1S/C11H21N3O2S/c1-5-10-12-7-11(13-10)17(15,16)14-9(4)6-8(2)3/h7-9,14H,5-6H2,1-4H3,(H,12,13). The number of rotatable bonds is 6. The molecule has 1 rings (SSSR count). The van der Waals surface area contributed by atoms with E-state index in [9.17, 15) is 8.42 Å².